The normalized spacial score (nSPS) is 10.5. The van der Waals surface area contributed by atoms with Crippen LogP contribution in [0.5, 0.6) is 0 Å². The Morgan fingerprint density at radius 1 is 1.38 bits per heavy atom. The number of alkyl halides is 2. The van der Waals surface area contributed by atoms with Gasteiger partial charge in [0.15, 0.2) is 0 Å². The van der Waals surface area contributed by atoms with Gasteiger partial charge < -0.3 is 5.32 Å². The number of aryl methyl sites for hydroxylation is 1. The molecule has 0 amide bonds. The molecule has 0 fully saturated rings. The molecule has 0 atom stereocenters. The zero-order valence-electron chi connectivity index (χ0n) is 7.15. The second-order valence-corrected chi connectivity index (χ2v) is 2.71. The molecule has 1 aromatic carbocycles. The second-order valence-electron chi connectivity index (χ2n) is 2.71. The largest absolute Gasteiger partial charge is 0.377 e. The molecule has 0 aliphatic carbocycles. The fourth-order valence-corrected chi connectivity index (χ4v) is 0.971. The van der Waals surface area contributed by atoms with Gasteiger partial charge in [-0.2, -0.15) is 0 Å². The molecular formula is C9H10F3N. The Morgan fingerprint density at radius 3 is 2.69 bits per heavy atom. The minimum absolute atomic E-state index is 0.125. The van der Waals surface area contributed by atoms with Crippen molar-refractivity contribution in [3.05, 3.63) is 29.6 Å². The van der Waals surface area contributed by atoms with Crippen molar-refractivity contribution in [3.63, 3.8) is 0 Å². The Bertz CT molecular complexity index is 286. The zero-order chi connectivity index (χ0) is 9.84. The second kappa shape index (κ2) is 4.16. The smallest absolute Gasteiger partial charge is 0.255 e. The SMILES string of the molecule is Cc1cccc(NCC(F)F)c1F. The van der Waals surface area contributed by atoms with Crippen molar-refractivity contribution in [2.45, 2.75) is 13.3 Å². The van der Waals surface area contributed by atoms with Crippen LogP contribution in [0, 0.1) is 12.7 Å². The van der Waals surface area contributed by atoms with Crippen molar-refractivity contribution in [2.75, 3.05) is 11.9 Å². The number of rotatable bonds is 3. The molecule has 1 aromatic rings. The molecule has 0 unspecified atom stereocenters. The van der Waals surface area contributed by atoms with E-state index in [4.69, 9.17) is 0 Å². The van der Waals surface area contributed by atoms with E-state index in [0.29, 0.717) is 5.56 Å². The molecular weight excluding hydrogens is 179 g/mol. The van der Waals surface area contributed by atoms with Gasteiger partial charge in [-0.1, -0.05) is 12.1 Å². The summed E-state index contributed by atoms with van der Waals surface area (Å²) in [6.45, 7) is 1.06. The maximum absolute atomic E-state index is 13.1. The van der Waals surface area contributed by atoms with Crippen LogP contribution in [0.4, 0.5) is 18.9 Å². The Morgan fingerprint density at radius 2 is 2.08 bits per heavy atom. The fraction of sp³-hybridized carbons (Fsp3) is 0.333. The van der Waals surface area contributed by atoms with Crippen molar-refractivity contribution < 1.29 is 13.2 Å². The van der Waals surface area contributed by atoms with Crippen LogP contribution < -0.4 is 5.32 Å². The summed E-state index contributed by atoms with van der Waals surface area (Å²) in [4.78, 5) is 0. The van der Waals surface area contributed by atoms with E-state index < -0.39 is 18.8 Å². The molecule has 0 saturated heterocycles. The lowest BCUT2D eigenvalue weighted by atomic mass is 10.2. The molecule has 0 spiro atoms. The van der Waals surface area contributed by atoms with E-state index in [-0.39, 0.29) is 5.69 Å². The Hall–Kier alpha value is -1.19. The molecule has 0 saturated carbocycles. The van der Waals surface area contributed by atoms with E-state index in [1.54, 1.807) is 19.1 Å². The highest BCUT2D eigenvalue weighted by molar-refractivity contribution is 5.47. The van der Waals surface area contributed by atoms with Gasteiger partial charge in [-0.05, 0) is 18.6 Å². The number of benzene rings is 1. The van der Waals surface area contributed by atoms with Crippen molar-refractivity contribution in [1.29, 1.82) is 0 Å². The Kier molecular flexibility index (Phi) is 3.17. The van der Waals surface area contributed by atoms with Crippen LogP contribution in [0.1, 0.15) is 5.56 Å². The van der Waals surface area contributed by atoms with E-state index in [0.717, 1.165) is 0 Å². The molecule has 4 heteroatoms. The highest BCUT2D eigenvalue weighted by Gasteiger charge is 2.06. The molecule has 0 aliphatic heterocycles. The molecule has 1 nitrogen and oxygen atoms in total. The third kappa shape index (κ3) is 2.65. The summed E-state index contributed by atoms with van der Waals surface area (Å²) in [7, 11) is 0. The van der Waals surface area contributed by atoms with Crippen LogP contribution in [-0.4, -0.2) is 13.0 Å². The summed E-state index contributed by atoms with van der Waals surface area (Å²) in [5, 5.41) is 2.33. The highest BCUT2D eigenvalue weighted by atomic mass is 19.3. The van der Waals surface area contributed by atoms with E-state index in [2.05, 4.69) is 5.32 Å². The number of nitrogens with one attached hydrogen (secondary N) is 1. The van der Waals surface area contributed by atoms with Gasteiger partial charge in [0.1, 0.15) is 5.82 Å². The maximum atomic E-state index is 13.1. The third-order valence-electron chi connectivity index (χ3n) is 1.64. The van der Waals surface area contributed by atoms with Gasteiger partial charge in [0, 0.05) is 0 Å². The Labute approximate surface area is 74.6 Å². The molecule has 13 heavy (non-hydrogen) atoms. The summed E-state index contributed by atoms with van der Waals surface area (Å²) in [6, 6.07) is 4.64. The monoisotopic (exact) mass is 189 g/mol. The molecule has 0 heterocycles. The standard InChI is InChI=1S/C9H10F3N/c1-6-3-2-4-7(9(6)12)13-5-8(10)11/h2-4,8,13H,5H2,1H3. The molecule has 1 N–H and O–H groups in total. The van der Waals surface area contributed by atoms with Gasteiger partial charge >= 0.3 is 0 Å². The van der Waals surface area contributed by atoms with Gasteiger partial charge in [0.2, 0.25) is 0 Å². The fourth-order valence-electron chi connectivity index (χ4n) is 0.971. The first-order valence-corrected chi connectivity index (χ1v) is 3.88. The maximum Gasteiger partial charge on any atom is 0.255 e. The van der Waals surface area contributed by atoms with Crippen molar-refractivity contribution in [2.24, 2.45) is 0 Å². The molecule has 0 bridgehead atoms. The Balaban J connectivity index is 2.71. The minimum atomic E-state index is -2.47. The molecule has 0 aliphatic rings. The average molecular weight is 189 g/mol. The summed E-state index contributed by atoms with van der Waals surface area (Å²) in [5.41, 5.74) is 0.569. The van der Waals surface area contributed by atoms with E-state index >= 15 is 0 Å². The topological polar surface area (TPSA) is 12.0 Å². The van der Waals surface area contributed by atoms with Gasteiger partial charge in [0.25, 0.3) is 6.43 Å². The minimum Gasteiger partial charge on any atom is -0.377 e. The van der Waals surface area contributed by atoms with Crippen LogP contribution in [0.2, 0.25) is 0 Å². The van der Waals surface area contributed by atoms with Crippen molar-refractivity contribution in [3.8, 4) is 0 Å². The van der Waals surface area contributed by atoms with E-state index in [1.165, 1.54) is 6.07 Å². The summed E-state index contributed by atoms with van der Waals surface area (Å²) < 4.78 is 36.7. The van der Waals surface area contributed by atoms with Gasteiger partial charge in [-0.25, -0.2) is 13.2 Å². The first-order chi connectivity index (χ1) is 6.11. The summed E-state index contributed by atoms with van der Waals surface area (Å²) >= 11 is 0. The van der Waals surface area contributed by atoms with Gasteiger partial charge in [-0.15, -0.1) is 0 Å². The van der Waals surface area contributed by atoms with Crippen molar-refractivity contribution in [1.82, 2.24) is 0 Å². The predicted octanol–water partition coefficient (Wildman–Crippen LogP) is 2.81. The number of hydrogen-bond donors (Lipinski definition) is 1. The number of anilines is 1. The van der Waals surface area contributed by atoms with Crippen LogP contribution in [-0.2, 0) is 0 Å². The van der Waals surface area contributed by atoms with Crippen molar-refractivity contribution >= 4 is 5.69 Å². The highest BCUT2D eigenvalue weighted by Crippen LogP contribution is 2.16. The lowest BCUT2D eigenvalue weighted by molar-refractivity contribution is 0.163. The third-order valence-corrected chi connectivity index (χ3v) is 1.64. The van der Waals surface area contributed by atoms with Crippen LogP contribution in [0.25, 0.3) is 0 Å². The quantitative estimate of drug-likeness (QED) is 0.770. The average Bonchev–Trinajstić information content (AvgIpc) is 2.07. The molecule has 72 valence electrons. The predicted molar refractivity (Wildman–Crippen MR) is 45.6 cm³/mol. The van der Waals surface area contributed by atoms with Gasteiger partial charge in [0.05, 0.1) is 12.2 Å². The lowest BCUT2D eigenvalue weighted by Crippen LogP contribution is -2.11. The zero-order valence-corrected chi connectivity index (χ0v) is 7.15. The van der Waals surface area contributed by atoms with Crippen LogP contribution in [0.15, 0.2) is 18.2 Å². The number of halogens is 3. The van der Waals surface area contributed by atoms with E-state index in [1.807, 2.05) is 0 Å². The molecule has 0 radical (unpaired) electrons. The first kappa shape index (κ1) is 9.89. The molecule has 0 aromatic heterocycles. The van der Waals surface area contributed by atoms with E-state index in [9.17, 15) is 13.2 Å². The number of hydrogen-bond acceptors (Lipinski definition) is 1. The molecule has 1 rings (SSSR count). The van der Waals surface area contributed by atoms with Crippen LogP contribution >= 0.6 is 0 Å². The summed E-state index contributed by atoms with van der Waals surface area (Å²) in [5.74, 6) is -0.469. The lowest BCUT2D eigenvalue weighted by Gasteiger charge is -2.07. The van der Waals surface area contributed by atoms with Crippen LogP contribution in [0.3, 0.4) is 0 Å². The first-order valence-electron chi connectivity index (χ1n) is 3.88. The summed E-state index contributed by atoms with van der Waals surface area (Å²) in [6.07, 6.45) is -2.47. The van der Waals surface area contributed by atoms with Gasteiger partial charge in [-0.3, -0.25) is 0 Å².